The second kappa shape index (κ2) is 8.11. The van der Waals surface area contributed by atoms with E-state index in [0.717, 1.165) is 24.3 Å². The van der Waals surface area contributed by atoms with Crippen LogP contribution in [-0.2, 0) is 17.5 Å². The molecule has 0 spiro atoms. The number of benzene rings is 1. The van der Waals surface area contributed by atoms with Gasteiger partial charge in [0.05, 0.1) is 11.6 Å². The number of hydrogen-bond acceptors (Lipinski definition) is 3. The number of aromatic nitrogens is 2. The van der Waals surface area contributed by atoms with E-state index in [9.17, 15) is 22.8 Å². The molecule has 10 heteroatoms. The fourth-order valence-electron chi connectivity index (χ4n) is 2.46. The van der Waals surface area contributed by atoms with Gasteiger partial charge in [0.2, 0.25) is 0 Å². The Morgan fingerprint density at radius 1 is 1.22 bits per heavy atom. The van der Waals surface area contributed by atoms with Crippen molar-refractivity contribution in [1.29, 1.82) is 0 Å². The summed E-state index contributed by atoms with van der Waals surface area (Å²) in [6.07, 6.45) is -1.53. The van der Waals surface area contributed by atoms with Crippen LogP contribution in [0.15, 0.2) is 36.7 Å². The average molecular weight is 384 g/mol. The van der Waals surface area contributed by atoms with Crippen molar-refractivity contribution in [2.45, 2.75) is 32.6 Å². The summed E-state index contributed by atoms with van der Waals surface area (Å²) in [5.74, 6) is -0.792. The van der Waals surface area contributed by atoms with Crippen LogP contribution in [0.2, 0.25) is 0 Å². The zero-order chi connectivity index (χ0) is 20.2. The molecule has 27 heavy (non-hydrogen) atoms. The lowest BCUT2D eigenvalue weighted by Crippen LogP contribution is -2.37. The zero-order valence-electron chi connectivity index (χ0n) is 14.6. The Labute approximate surface area is 153 Å². The minimum absolute atomic E-state index is 0.113. The lowest BCUT2D eigenvalue weighted by atomic mass is 10.0. The van der Waals surface area contributed by atoms with Crippen LogP contribution >= 0.6 is 0 Å². The molecule has 1 aromatic carbocycles. The van der Waals surface area contributed by atoms with Crippen molar-refractivity contribution in [2.75, 3.05) is 5.32 Å². The first-order valence-corrected chi connectivity index (χ1v) is 8.05. The molecule has 7 nitrogen and oxygen atoms in total. The first-order chi connectivity index (χ1) is 12.6. The Hall–Kier alpha value is -3.04. The average Bonchev–Trinajstić information content (AvgIpc) is 2.99. The molecule has 0 aliphatic rings. The van der Waals surface area contributed by atoms with Gasteiger partial charge in [0.15, 0.2) is 0 Å². The van der Waals surface area contributed by atoms with E-state index in [1.54, 1.807) is 0 Å². The van der Waals surface area contributed by atoms with Crippen LogP contribution in [0.25, 0.3) is 0 Å². The first-order valence-electron chi connectivity index (χ1n) is 8.05. The largest absolute Gasteiger partial charge is 0.480 e. The molecule has 0 saturated heterocycles. The second-order valence-electron chi connectivity index (χ2n) is 6.20. The molecule has 1 atom stereocenters. The maximum Gasteiger partial charge on any atom is 0.416 e. The highest BCUT2D eigenvalue weighted by molar-refractivity contribution is 5.89. The molecule has 0 radical (unpaired) electrons. The Morgan fingerprint density at radius 3 is 2.37 bits per heavy atom. The molecule has 0 aliphatic carbocycles. The van der Waals surface area contributed by atoms with E-state index in [1.807, 2.05) is 13.8 Å². The summed E-state index contributed by atoms with van der Waals surface area (Å²) in [5, 5.41) is 14.1. The Morgan fingerprint density at radius 2 is 1.85 bits per heavy atom. The number of rotatable bonds is 6. The number of carbonyl (C=O) groups excluding carboxylic acids is 1. The van der Waals surface area contributed by atoms with Gasteiger partial charge < -0.3 is 20.3 Å². The van der Waals surface area contributed by atoms with Crippen LogP contribution in [0.4, 0.5) is 23.7 Å². The second-order valence-corrected chi connectivity index (χ2v) is 6.20. The molecular weight excluding hydrogens is 365 g/mol. The van der Waals surface area contributed by atoms with Crippen molar-refractivity contribution in [3.8, 4) is 0 Å². The molecule has 1 aromatic heterocycles. The third-order valence-electron chi connectivity index (χ3n) is 3.75. The minimum Gasteiger partial charge on any atom is -0.480 e. The molecule has 0 saturated carbocycles. The summed E-state index contributed by atoms with van der Waals surface area (Å²) in [6.45, 7) is 3.34. The Balaban J connectivity index is 2.10. The highest BCUT2D eigenvalue weighted by Gasteiger charge is 2.30. The predicted octanol–water partition coefficient (Wildman–Crippen LogP) is 3.51. The van der Waals surface area contributed by atoms with Crippen molar-refractivity contribution >= 4 is 17.7 Å². The minimum atomic E-state index is -4.45. The summed E-state index contributed by atoms with van der Waals surface area (Å²) in [7, 11) is 0. The zero-order valence-corrected chi connectivity index (χ0v) is 14.6. The van der Waals surface area contributed by atoms with Gasteiger partial charge in [-0.15, -0.1) is 0 Å². The van der Waals surface area contributed by atoms with Crippen molar-refractivity contribution < 1.29 is 27.9 Å². The summed E-state index contributed by atoms with van der Waals surface area (Å²) in [4.78, 5) is 27.3. The number of nitrogens with zero attached hydrogens (tertiary/aromatic N) is 2. The predicted molar refractivity (Wildman–Crippen MR) is 91.0 cm³/mol. The standard InChI is InChI=1S/C17H19F3N4O3/c1-10(2)14(15-21-7-8-24(15)9-13(25)26)23-16(27)22-12-5-3-11(4-6-12)17(18,19)20/h3-8,10,14H,9H2,1-2H3,(H,25,26)(H2,22,23,27)/t14-/m0/s1. The number of carbonyl (C=O) groups is 2. The molecule has 2 aromatic rings. The summed E-state index contributed by atoms with van der Waals surface area (Å²) < 4.78 is 39.1. The summed E-state index contributed by atoms with van der Waals surface area (Å²) in [6, 6.07) is 2.81. The number of carboxylic acids is 1. The van der Waals surface area contributed by atoms with Gasteiger partial charge in [-0.1, -0.05) is 13.8 Å². The molecule has 146 valence electrons. The van der Waals surface area contributed by atoms with Gasteiger partial charge in [0.1, 0.15) is 12.4 Å². The lowest BCUT2D eigenvalue weighted by Gasteiger charge is -2.23. The topological polar surface area (TPSA) is 96.3 Å². The maximum atomic E-state index is 12.6. The third-order valence-corrected chi connectivity index (χ3v) is 3.75. The molecule has 0 fully saturated rings. The number of halogens is 3. The first kappa shape index (κ1) is 20.3. The molecule has 0 unspecified atom stereocenters. The summed E-state index contributed by atoms with van der Waals surface area (Å²) in [5.41, 5.74) is -0.624. The van der Waals surface area contributed by atoms with Crippen LogP contribution < -0.4 is 10.6 Å². The van der Waals surface area contributed by atoms with Gasteiger partial charge in [-0.3, -0.25) is 4.79 Å². The quantitative estimate of drug-likeness (QED) is 0.710. The molecule has 2 amide bonds. The van der Waals surface area contributed by atoms with Gasteiger partial charge in [0.25, 0.3) is 0 Å². The van der Waals surface area contributed by atoms with E-state index < -0.39 is 29.8 Å². The number of carboxylic acid groups (broad SMARTS) is 1. The highest BCUT2D eigenvalue weighted by atomic mass is 19.4. The Bertz CT molecular complexity index is 801. The van der Waals surface area contributed by atoms with E-state index >= 15 is 0 Å². The molecular formula is C17H19F3N4O3. The molecule has 0 aliphatic heterocycles. The van der Waals surface area contributed by atoms with Crippen LogP contribution in [0, 0.1) is 5.92 Å². The smallest absolute Gasteiger partial charge is 0.416 e. The van der Waals surface area contributed by atoms with Crippen molar-refractivity contribution in [3.63, 3.8) is 0 Å². The number of hydrogen-bond donors (Lipinski definition) is 3. The fourth-order valence-corrected chi connectivity index (χ4v) is 2.46. The van der Waals surface area contributed by atoms with Crippen LogP contribution in [0.1, 0.15) is 31.3 Å². The van der Waals surface area contributed by atoms with Gasteiger partial charge in [-0.05, 0) is 30.2 Å². The monoisotopic (exact) mass is 384 g/mol. The van der Waals surface area contributed by atoms with Crippen LogP contribution in [-0.4, -0.2) is 26.7 Å². The van der Waals surface area contributed by atoms with Crippen molar-refractivity contribution in [3.05, 3.63) is 48.0 Å². The van der Waals surface area contributed by atoms with E-state index in [0.29, 0.717) is 5.82 Å². The normalized spacial score (nSPS) is 12.7. The van der Waals surface area contributed by atoms with E-state index in [4.69, 9.17) is 5.11 Å². The maximum absolute atomic E-state index is 12.6. The molecule has 1 heterocycles. The number of urea groups is 1. The third kappa shape index (κ3) is 5.47. The van der Waals surface area contributed by atoms with Crippen LogP contribution in [0.5, 0.6) is 0 Å². The number of amides is 2. The van der Waals surface area contributed by atoms with Gasteiger partial charge in [-0.25, -0.2) is 9.78 Å². The van der Waals surface area contributed by atoms with Crippen molar-refractivity contribution in [2.24, 2.45) is 5.92 Å². The Kier molecular flexibility index (Phi) is 6.09. The molecule has 3 N–H and O–H groups in total. The van der Waals surface area contributed by atoms with Crippen molar-refractivity contribution in [1.82, 2.24) is 14.9 Å². The van der Waals surface area contributed by atoms with Gasteiger partial charge in [-0.2, -0.15) is 13.2 Å². The van der Waals surface area contributed by atoms with Crippen LogP contribution in [0.3, 0.4) is 0 Å². The van der Waals surface area contributed by atoms with E-state index in [1.165, 1.54) is 17.0 Å². The number of nitrogens with one attached hydrogen (secondary N) is 2. The number of anilines is 1. The highest BCUT2D eigenvalue weighted by Crippen LogP contribution is 2.29. The van der Waals surface area contributed by atoms with Gasteiger partial charge in [0, 0.05) is 18.1 Å². The van der Waals surface area contributed by atoms with E-state index in [2.05, 4.69) is 15.6 Å². The fraction of sp³-hybridized carbons (Fsp3) is 0.353. The number of alkyl halides is 3. The SMILES string of the molecule is CC(C)[C@H](NC(=O)Nc1ccc(C(F)(F)F)cc1)c1nccn1CC(=O)O. The molecule has 2 rings (SSSR count). The van der Waals surface area contributed by atoms with E-state index in [-0.39, 0.29) is 18.2 Å². The lowest BCUT2D eigenvalue weighted by molar-refractivity contribution is -0.138. The number of aliphatic carboxylic acids is 1. The molecule has 0 bridgehead atoms. The van der Waals surface area contributed by atoms with Gasteiger partial charge >= 0.3 is 18.2 Å². The summed E-state index contributed by atoms with van der Waals surface area (Å²) >= 11 is 0. The number of imidazole rings is 1.